The molecule has 0 radical (unpaired) electrons. The van der Waals surface area contributed by atoms with Crippen molar-refractivity contribution < 1.29 is 19.1 Å². The topological polar surface area (TPSA) is 86.3 Å². The van der Waals surface area contributed by atoms with Crippen LogP contribution in [-0.4, -0.2) is 38.9 Å². The number of aromatic amines is 1. The van der Waals surface area contributed by atoms with Gasteiger partial charge in [-0.25, -0.2) is 14.2 Å². The second-order valence-corrected chi connectivity index (χ2v) is 4.22. The van der Waals surface area contributed by atoms with E-state index in [0.717, 1.165) is 11.9 Å². The highest BCUT2D eigenvalue weighted by Gasteiger charge is 2.22. The normalized spacial score (nSPS) is 10.3. The SMILES string of the molecule is CN(Cc1ccc(F)cc1)C(=O)c1nc[nH]c1C(=O)O. The van der Waals surface area contributed by atoms with Gasteiger partial charge in [0.2, 0.25) is 0 Å². The summed E-state index contributed by atoms with van der Waals surface area (Å²) >= 11 is 0. The number of H-pyrrole nitrogens is 1. The molecule has 0 spiro atoms. The minimum absolute atomic E-state index is 0.151. The Morgan fingerprint density at radius 1 is 1.35 bits per heavy atom. The largest absolute Gasteiger partial charge is 0.477 e. The van der Waals surface area contributed by atoms with Crippen molar-refractivity contribution in [2.24, 2.45) is 0 Å². The highest BCUT2D eigenvalue weighted by molar-refractivity contribution is 6.02. The van der Waals surface area contributed by atoms with Gasteiger partial charge in [-0.15, -0.1) is 0 Å². The number of halogens is 1. The van der Waals surface area contributed by atoms with Crippen molar-refractivity contribution in [3.8, 4) is 0 Å². The molecule has 20 heavy (non-hydrogen) atoms. The summed E-state index contributed by atoms with van der Waals surface area (Å²) in [6.45, 7) is 0.227. The van der Waals surface area contributed by atoms with Crippen LogP contribution in [0.4, 0.5) is 4.39 Å². The van der Waals surface area contributed by atoms with Crippen LogP contribution in [-0.2, 0) is 6.54 Å². The minimum atomic E-state index is -1.25. The summed E-state index contributed by atoms with van der Waals surface area (Å²) in [6, 6.07) is 5.71. The molecule has 0 atom stereocenters. The summed E-state index contributed by atoms with van der Waals surface area (Å²) in [6.07, 6.45) is 1.16. The van der Waals surface area contributed by atoms with E-state index in [9.17, 15) is 14.0 Å². The van der Waals surface area contributed by atoms with Gasteiger partial charge >= 0.3 is 5.97 Å². The summed E-state index contributed by atoms with van der Waals surface area (Å²) in [4.78, 5) is 30.5. The van der Waals surface area contributed by atoms with Crippen LogP contribution < -0.4 is 0 Å². The molecule has 1 amide bonds. The molecule has 0 fully saturated rings. The number of carboxylic acids is 1. The molecule has 1 aromatic carbocycles. The second-order valence-electron chi connectivity index (χ2n) is 4.22. The highest BCUT2D eigenvalue weighted by Crippen LogP contribution is 2.10. The molecule has 1 heterocycles. The molecule has 0 saturated carbocycles. The average Bonchev–Trinajstić information content (AvgIpc) is 2.90. The van der Waals surface area contributed by atoms with E-state index < -0.39 is 11.9 Å². The summed E-state index contributed by atoms with van der Waals surface area (Å²) in [5.74, 6) is -2.13. The first kappa shape index (κ1) is 13.7. The van der Waals surface area contributed by atoms with E-state index in [-0.39, 0.29) is 23.7 Å². The zero-order valence-corrected chi connectivity index (χ0v) is 10.6. The van der Waals surface area contributed by atoms with Crippen molar-refractivity contribution in [1.29, 1.82) is 0 Å². The molecule has 0 aliphatic carbocycles. The van der Waals surface area contributed by atoms with Crippen LogP contribution in [0.25, 0.3) is 0 Å². The molecule has 0 saturated heterocycles. The Morgan fingerprint density at radius 2 is 2.00 bits per heavy atom. The predicted molar refractivity (Wildman–Crippen MR) is 67.7 cm³/mol. The van der Waals surface area contributed by atoms with Crippen LogP contribution >= 0.6 is 0 Å². The smallest absolute Gasteiger partial charge is 0.354 e. The van der Waals surface area contributed by atoms with E-state index >= 15 is 0 Å². The summed E-state index contributed by atoms with van der Waals surface area (Å²) in [5, 5.41) is 8.92. The third-order valence-corrected chi connectivity index (χ3v) is 2.74. The first-order valence-corrected chi connectivity index (χ1v) is 5.75. The van der Waals surface area contributed by atoms with Crippen molar-refractivity contribution in [1.82, 2.24) is 14.9 Å². The quantitative estimate of drug-likeness (QED) is 0.887. The zero-order valence-electron chi connectivity index (χ0n) is 10.6. The number of aromatic carboxylic acids is 1. The first-order valence-electron chi connectivity index (χ1n) is 5.75. The molecule has 0 aliphatic rings. The van der Waals surface area contributed by atoms with Crippen LogP contribution in [0, 0.1) is 5.82 Å². The molecule has 0 aliphatic heterocycles. The fraction of sp³-hybridized carbons (Fsp3) is 0.154. The molecule has 6 nitrogen and oxygen atoms in total. The van der Waals surface area contributed by atoms with Gasteiger partial charge in [-0.05, 0) is 17.7 Å². The predicted octanol–water partition coefficient (Wildman–Crippen LogP) is 1.52. The van der Waals surface area contributed by atoms with E-state index in [4.69, 9.17) is 5.11 Å². The number of hydrogen-bond acceptors (Lipinski definition) is 3. The number of nitrogens with one attached hydrogen (secondary N) is 1. The number of nitrogens with zero attached hydrogens (tertiary/aromatic N) is 2. The third kappa shape index (κ3) is 2.82. The maximum absolute atomic E-state index is 12.8. The Labute approximate surface area is 113 Å². The Balaban J connectivity index is 2.14. The number of imidazole rings is 1. The number of aromatic nitrogens is 2. The molecule has 104 valence electrons. The standard InChI is InChI=1S/C13H12FN3O3/c1-17(6-8-2-4-9(14)5-3-8)12(18)10-11(13(19)20)16-7-15-10/h2-5,7H,6H2,1H3,(H,15,16)(H,19,20). The molecule has 7 heteroatoms. The fourth-order valence-corrected chi connectivity index (χ4v) is 1.74. The molecule has 1 aromatic heterocycles. The number of carbonyl (C=O) groups is 2. The monoisotopic (exact) mass is 277 g/mol. The van der Waals surface area contributed by atoms with Gasteiger partial charge in [0.05, 0.1) is 6.33 Å². The van der Waals surface area contributed by atoms with Crippen molar-refractivity contribution in [3.05, 3.63) is 53.4 Å². The molecular formula is C13H12FN3O3. The minimum Gasteiger partial charge on any atom is -0.477 e. The lowest BCUT2D eigenvalue weighted by Gasteiger charge is -2.16. The number of hydrogen-bond donors (Lipinski definition) is 2. The lowest BCUT2D eigenvalue weighted by atomic mass is 10.2. The van der Waals surface area contributed by atoms with Crippen LogP contribution in [0.1, 0.15) is 26.5 Å². The van der Waals surface area contributed by atoms with Crippen LogP contribution in [0.2, 0.25) is 0 Å². The van der Waals surface area contributed by atoms with Gasteiger partial charge in [0.15, 0.2) is 11.4 Å². The Hall–Kier alpha value is -2.70. The van der Waals surface area contributed by atoms with Gasteiger partial charge in [-0.2, -0.15) is 0 Å². The summed E-state index contributed by atoms with van der Waals surface area (Å²) in [7, 11) is 1.52. The van der Waals surface area contributed by atoms with Crippen LogP contribution in [0.3, 0.4) is 0 Å². The van der Waals surface area contributed by atoms with E-state index in [1.807, 2.05) is 0 Å². The number of benzene rings is 1. The number of carboxylic acid groups (broad SMARTS) is 1. The Bertz CT molecular complexity index is 637. The maximum atomic E-state index is 12.8. The van der Waals surface area contributed by atoms with Crippen molar-refractivity contribution in [2.75, 3.05) is 7.05 Å². The van der Waals surface area contributed by atoms with Gasteiger partial charge in [0, 0.05) is 13.6 Å². The molecule has 0 bridgehead atoms. The van der Waals surface area contributed by atoms with Gasteiger partial charge in [-0.1, -0.05) is 12.1 Å². The van der Waals surface area contributed by atoms with E-state index in [0.29, 0.717) is 0 Å². The summed E-state index contributed by atoms with van der Waals surface area (Å²) < 4.78 is 12.8. The van der Waals surface area contributed by atoms with Crippen molar-refractivity contribution >= 4 is 11.9 Å². The maximum Gasteiger partial charge on any atom is 0.354 e. The molecule has 0 unspecified atom stereocenters. The number of rotatable bonds is 4. The lowest BCUT2D eigenvalue weighted by molar-refractivity contribution is 0.0674. The number of carbonyl (C=O) groups excluding carboxylic acids is 1. The van der Waals surface area contributed by atoms with E-state index in [2.05, 4.69) is 9.97 Å². The van der Waals surface area contributed by atoms with Gasteiger partial charge in [-0.3, -0.25) is 4.79 Å². The van der Waals surface area contributed by atoms with Crippen molar-refractivity contribution in [3.63, 3.8) is 0 Å². The highest BCUT2D eigenvalue weighted by atomic mass is 19.1. The molecule has 2 N–H and O–H groups in total. The van der Waals surface area contributed by atoms with E-state index in [1.165, 1.54) is 24.1 Å². The third-order valence-electron chi connectivity index (χ3n) is 2.74. The molecule has 2 rings (SSSR count). The fourth-order valence-electron chi connectivity index (χ4n) is 1.74. The van der Waals surface area contributed by atoms with Crippen LogP contribution in [0.15, 0.2) is 30.6 Å². The van der Waals surface area contributed by atoms with Crippen LogP contribution in [0.5, 0.6) is 0 Å². The zero-order chi connectivity index (χ0) is 14.7. The summed E-state index contributed by atoms with van der Waals surface area (Å²) in [5.41, 5.74) is 0.331. The average molecular weight is 277 g/mol. The van der Waals surface area contributed by atoms with Gasteiger partial charge in [0.1, 0.15) is 5.82 Å². The molecular weight excluding hydrogens is 265 g/mol. The Kier molecular flexibility index (Phi) is 3.79. The Morgan fingerprint density at radius 3 is 2.60 bits per heavy atom. The van der Waals surface area contributed by atoms with E-state index in [1.54, 1.807) is 12.1 Å². The second kappa shape index (κ2) is 5.52. The first-order chi connectivity index (χ1) is 9.49. The van der Waals surface area contributed by atoms with Crippen molar-refractivity contribution in [2.45, 2.75) is 6.54 Å². The lowest BCUT2D eigenvalue weighted by Crippen LogP contribution is -2.28. The van der Waals surface area contributed by atoms with Gasteiger partial charge < -0.3 is 15.0 Å². The number of amides is 1. The molecule has 2 aromatic rings. The van der Waals surface area contributed by atoms with Gasteiger partial charge in [0.25, 0.3) is 5.91 Å².